The molecule has 1 atom stereocenters. The van der Waals surface area contributed by atoms with E-state index in [-0.39, 0.29) is 12.5 Å². The summed E-state index contributed by atoms with van der Waals surface area (Å²) in [5.74, 6) is -1.60. The molecule has 0 saturated carbocycles. The minimum atomic E-state index is -5.79. The highest BCUT2D eigenvalue weighted by molar-refractivity contribution is 7.88. The lowest BCUT2D eigenvalue weighted by molar-refractivity contribution is -0.146. The van der Waals surface area contributed by atoms with Gasteiger partial charge in [-0.1, -0.05) is 72.8 Å². The number of carbonyl (C=O) groups excluding carboxylic acids is 1. The van der Waals surface area contributed by atoms with Gasteiger partial charge in [-0.3, -0.25) is 9.69 Å². The quantitative estimate of drug-likeness (QED) is 0.200. The number of alkyl halides is 3. The van der Waals surface area contributed by atoms with Crippen LogP contribution in [0.5, 0.6) is 5.75 Å². The van der Waals surface area contributed by atoms with Crippen LogP contribution in [0, 0.1) is 5.92 Å². The number of rotatable bonds is 9. The molecule has 1 unspecified atom stereocenters. The molecule has 6 nitrogen and oxygen atoms in total. The van der Waals surface area contributed by atoms with Gasteiger partial charge in [-0.2, -0.15) is 21.6 Å². The topological polar surface area (TPSA) is 72.9 Å². The molecule has 0 bridgehead atoms. The molecule has 0 spiro atoms. The van der Waals surface area contributed by atoms with Crippen LogP contribution in [0.15, 0.2) is 84.9 Å². The summed E-state index contributed by atoms with van der Waals surface area (Å²) in [6.45, 7) is 2.96. The number of halogens is 3. The molecule has 202 valence electrons. The number of benzene rings is 3. The summed E-state index contributed by atoms with van der Waals surface area (Å²) >= 11 is 0. The lowest BCUT2D eigenvalue weighted by Gasteiger charge is -2.32. The van der Waals surface area contributed by atoms with E-state index in [1.54, 1.807) is 30.3 Å². The summed E-state index contributed by atoms with van der Waals surface area (Å²) in [7, 11) is -5.79. The fourth-order valence-electron chi connectivity index (χ4n) is 4.44. The van der Waals surface area contributed by atoms with Gasteiger partial charge in [0.2, 0.25) is 0 Å². The smallest absolute Gasteiger partial charge is 0.465 e. The largest absolute Gasteiger partial charge is 0.534 e. The first-order valence-corrected chi connectivity index (χ1v) is 13.6. The van der Waals surface area contributed by atoms with E-state index in [2.05, 4.69) is 21.2 Å². The van der Waals surface area contributed by atoms with E-state index in [0.717, 1.165) is 44.6 Å². The minimum Gasteiger partial charge on any atom is -0.465 e. The third-order valence-corrected chi connectivity index (χ3v) is 7.47. The van der Waals surface area contributed by atoms with Crippen LogP contribution < -0.4 is 4.18 Å². The van der Waals surface area contributed by atoms with Crippen LogP contribution in [0.2, 0.25) is 0 Å². The molecule has 0 radical (unpaired) electrons. The van der Waals surface area contributed by atoms with Crippen molar-refractivity contribution < 1.29 is 35.3 Å². The summed E-state index contributed by atoms with van der Waals surface area (Å²) in [5, 5.41) is 0. The second-order valence-electron chi connectivity index (χ2n) is 9.23. The maximum Gasteiger partial charge on any atom is 0.534 e. The first-order chi connectivity index (χ1) is 18.1. The SMILES string of the molecule is O=C(OCC1CCN(Cc2ccccc2)CC1)C(c1ccccc1)c1ccc(OS(=O)(=O)C(F)(F)F)cc1. The number of hydrogen-bond acceptors (Lipinski definition) is 6. The fourth-order valence-corrected chi connectivity index (χ4v) is 4.89. The van der Waals surface area contributed by atoms with E-state index in [0.29, 0.717) is 11.1 Å². The van der Waals surface area contributed by atoms with Gasteiger partial charge in [0.25, 0.3) is 0 Å². The van der Waals surface area contributed by atoms with Crippen molar-refractivity contribution in [1.29, 1.82) is 0 Å². The Labute approximate surface area is 220 Å². The maximum atomic E-state index is 13.2. The number of ether oxygens (including phenoxy) is 1. The van der Waals surface area contributed by atoms with E-state index in [1.807, 2.05) is 18.2 Å². The summed E-state index contributed by atoms with van der Waals surface area (Å²) < 4.78 is 70.4. The van der Waals surface area contributed by atoms with Gasteiger partial charge in [-0.15, -0.1) is 0 Å². The predicted octanol–water partition coefficient (Wildman–Crippen LogP) is 5.50. The molecular formula is C28H28F3NO5S. The molecule has 1 saturated heterocycles. The molecule has 0 aliphatic carbocycles. The summed E-state index contributed by atoms with van der Waals surface area (Å²) in [6.07, 6.45) is 1.80. The van der Waals surface area contributed by atoms with Crippen molar-refractivity contribution in [3.8, 4) is 5.75 Å². The average Bonchev–Trinajstić information content (AvgIpc) is 2.90. The normalized spacial score (nSPS) is 16.1. The molecule has 3 aromatic rings. The van der Waals surface area contributed by atoms with Gasteiger partial charge in [0.15, 0.2) is 0 Å². The molecule has 4 rings (SSSR count). The Morgan fingerprint density at radius 2 is 1.42 bits per heavy atom. The second-order valence-corrected chi connectivity index (χ2v) is 10.8. The number of likely N-dealkylation sites (tertiary alicyclic amines) is 1. The first kappa shape index (κ1) is 27.7. The van der Waals surface area contributed by atoms with Gasteiger partial charge in [0.1, 0.15) is 11.7 Å². The molecule has 0 aromatic heterocycles. The lowest BCUT2D eigenvalue weighted by atomic mass is 9.91. The third-order valence-electron chi connectivity index (χ3n) is 6.49. The van der Waals surface area contributed by atoms with E-state index in [1.165, 1.54) is 17.7 Å². The zero-order valence-corrected chi connectivity index (χ0v) is 21.3. The lowest BCUT2D eigenvalue weighted by Crippen LogP contribution is -2.35. The number of nitrogens with zero attached hydrogens (tertiary/aromatic N) is 1. The maximum absolute atomic E-state index is 13.2. The first-order valence-electron chi connectivity index (χ1n) is 12.2. The van der Waals surface area contributed by atoms with E-state index < -0.39 is 33.3 Å². The Hall–Kier alpha value is -3.37. The Morgan fingerprint density at radius 3 is 2.00 bits per heavy atom. The zero-order chi connectivity index (χ0) is 27.2. The van der Waals surface area contributed by atoms with E-state index >= 15 is 0 Å². The fraction of sp³-hybridized carbons (Fsp3) is 0.321. The van der Waals surface area contributed by atoms with Crippen LogP contribution >= 0.6 is 0 Å². The van der Waals surface area contributed by atoms with Crippen LogP contribution in [0.3, 0.4) is 0 Å². The summed E-state index contributed by atoms with van der Waals surface area (Å²) in [6, 6.07) is 24.0. The van der Waals surface area contributed by atoms with E-state index in [9.17, 15) is 26.4 Å². The molecular weight excluding hydrogens is 519 g/mol. The van der Waals surface area contributed by atoms with Crippen LogP contribution in [0.25, 0.3) is 0 Å². The van der Waals surface area contributed by atoms with Crippen LogP contribution in [-0.2, 0) is 26.2 Å². The van der Waals surface area contributed by atoms with Crippen molar-refractivity contribution in [2.75, 3.05) is 19.7 Å². The Morgan fingerprint density at radius 1 is 0.868 bits per heavy atom. The summed E-state index contributed by atoms with van der Waals surface area (Å²) in [5.41, 5.74) is -3.20. The van der Waals surface area contributed by atoms with Gasteiger partial charge < -0.3 is 8.92 Å². The minimum absolute atomic E-state index is 0.228. The Balaban J connectivity index is 1.39. The molecule has 1 heterocycles. The van der Waals surface area contributed by atoms with Gasteiger partial charge in [-0.05, 0) is 60.7 Å². The highest BCUT2D eigenvalue weighted by Gasteiger charge is 2.48. The highest BCUT2D eigenvalue weighted by Crippen LogP contribution is 2.31. The second kappa shape index (κ2) is 12.0. The van der Waals surface area contributed by atoms with Crippen LogP contribution in [0.1, 0.15) is 35.4 Å². The molecule has 38 heavy (non-hydrogen) atoms. The number of esters is 1. The standard InChI is InChI=1S/C28H28F3NO5S/c29-28(30,31)38(34,35)37-25-13-11-24(12-14-25)26(23-9-5-2-6-10-23)27(33)36-20-22-15-17-32(18-16-22)19-21-7-3-1-4-8-21/h1-14,22,26H,15-20H2. The van der Waals surface area contributed by atoms with Crippen molar-refractivity contribution >= 4 is 16.1 Å². The molecule has 10 heteroatoms. The van der Waals surface area contributed by atoms with Gasteiger partial charge in [-0.25, -0.2) is 0 Å². The predicted molar refractivity (Wildman–Crippen MR) is 136 cm³/mol. The number of hydrogen-bond donors (Lipinski definition) is 0. The molecule has 1 aliphatic rings. The third kappa shape index (κ3) is 7.14. The Bertz CT molecular complexity index is 1290. The number of carbonyl (C=O) groups is 1. The molecule has 1 fully saturated rings. The van der Waals surface area contributed by atoms with Crippen LogP contribution in [0.4, 0.5) is 13.2 Å². The number of piperidine rings is 1. The van der Waals surface area contributed by atoms with Crippen molar-refractivity contribution in [1.82, 2.24) is 4.90 Å². The summed E-state index contributed by atoms with van der Waals surface area (Å²) in [4.78, 5) is 15.6. The van der Waals surface area contributed by atoms with Gasteiger partial charge in [0, 0.05) is 6.54 Å². The zero-order valence-electron chi connectivity index (χ0n) is 20.5. The Kier molecular flexibility index (Phi) is 8.73. The average molecular weight is 548 g/mol. The van der Waals surface area contributed by atoms with Crippen molar-refractivity contribution in [3.05, 3.63) is 102 Å². The monoisotopic (exact) mass is 547 g/mol. The molecule has 0 N–H and O–H groups in total. The van der Waals surface area contributed by atoms with Crippen molar-refractivity contribution in [2.45, 2.75) is 30.8 Å². The molecule has 1 aliphatic heterocycles. The van der Waals surface area contributed by atoms with Crippen molar-refractivity contribution in [2.24, 2.45) is 5.92 Å². The van der Waals surface area contributed by atoms with Gasteiger partial charge in [0.05, 0.1) is 6.61 Å². The molecule has 3 aromatic carbocycles. The highest BCUT2D eigenvalue weighted by atomic mass is 32.2. The molecule has 0 amide bonds. The van der Waals surface area contributed by atoms with E-state index in [4.69, 9.17) is 4.74 Å². The van der Waals surface area contributed by atoms with Gasteiger partial charge >= 0.3 is 21.6 Å². The van der Waals surface area contributed by atoms with Crippen LogP contribution in [-0.4, -0.2) is 44.5 Å². The van der Waals surface area contributed by atoms with Crippen molar-refractivity contribution in [3.63, 3.8) is 0 Å².